The van der Waals surface area contributed by atoms with Crippen molar-refractivity contribution < 1.29 is 9.53 Å². The number of aromatic nitrogens is 1. The van der Waals surface area contributed by atoms with Gasteiger partial charge in [-0.15, -0.1) is 0 Å². The number of hydrogen-bond acceptors (Lipinski definition) is 3. The van der Waals surface area contributed by atoms with Crippen LogP contribution in [-0.2, 0) is 4.74 Å². The minimum atomic E-state index is -0.361. The van der Waals surface area contributed by atoms with Gasteiger partial charge in [-0.25, -0.2) is 0 Å². The molecule has 0 N–H and O–H groups in total. The van der Waals surface area contributed by atoms with Crippen LogP contribution in [0.3, 0.4) is 0 Å². The van der Waals surface area contributed by atoms with Crippen molar-refractivity contribution >= 4 is 40.8 Å². The molecule has 0 unspecified atom stereocenters. The molecule has 4 heteroatoms. The van der Waals surface area contributed by atoms with Crippen molar-refractivity contribution in [1.82, 2.24) is 4.98 Å². The Morgan fingerprint density at radius 2 is 1.91 bits per heavy atom. The Balaban J connectivity index is 2.12. The molecule has 0 spiro atoms. The topological polar surface area (TPSA) is 39.2 Å². The zero-order valence-corrected chi connectivity index (χ0v) is 14.8. The van der Waals surface area contributed by atoms with Crippen molar-refractivity contribution in [3.05, 3.63) is 65.9 Å². The van der Waals surface area contributed by atoms with Gasteiger partial charge in [-0.1, -0.05) is 0 Å². The van der Waals surface area contributed by atoms with Crippen LogP contribution in [0.2, 0.25) is 0 Å². The number of aryl methyl sites for hydroxylation is 1. The van der Waals surface area contributed by atoms with Gasteiger partial charge in [-0.2, -0.15) is 0 Å². The van der Waals surface area contributed by atoms with E-state index in [9.17, 15) is 4.79 Å². The van der Waals surface area contributed by atoms with Crippen LogP contribution in [0, 0.1) is 6.92 Å². The SMILES string of the molecule is CCOC(=O)c1cc([Se]c2ccccc2)c2cc(C)ccc2n1. The number of esters is 1. The molecule has 0 saturated carbocycles. The average molecular weight is 370 g/mol. The first-order valence-corrected chi connectivity index (χ1v) is 9.20. The predicted molar refractivity (Wildman–Crippen MR) is 93.9 cm³/mol. The first kappa shape index (κ1) is 15.7. The van der Waals surface area contributed by atoms with Crippen LogP contribution < -0.4 is 8.92 Å². The molecule has 0 bridgehead atoms. The van der Waals surface area contributed by atoms with Crippen LogP contribution in [-0.4, -0.2) is 32.5 Å². The molecule has 0 fully saturated rings. The fourth-order valence-electron chi connectivity index (χ4n) is 2.32. The van der Waals surface area contributed by atoms with E-state index in [2.05, 4.69) is 30.1 Å². The van der Waals surface area contributed by atoms with Gasteiger partial charge in [0.2, 0.25) is 0 Å². The fourth-order valence-corrected chi connectivity index (χ4v) is 4.40. The third-order valence-electron chi connectivity index (χ3n) is 3.38. The van der Waals surface area contributed by atoms with Crippen LogP contribution in [0.5, 0.6) is 0 Å². The molecular weight excluding hydrogens is 353 g/mol. The normalized spacial score (nSPS) is 10.7. The summed E-state index contributed by atoms with van der Waals surface area (Å²) in [6.45, 7) is 4.22. The third-order valence-corrected chi connectivity index (χ3v) is 5.62. The number of carbonyl (C=O) groups excluding carboxylic acids is 1. The molecule has 3 nitrogen and oxygen atoms in total. The maximum absolute atomic E-state index is 12.1. The molecule has 0 amide bonds. The van der Waals surface area contributed by atoms with Gasteiger partial charge in [0, 0.05) is 0 Å². The van der Waals surface area contributed by atoms with Gasteiger partial charge in [-0.05, 0) is 0 Å². The average Bonchev–Trinajstić information content (AvgIpc) is 2.56. The molecular formula is C19H17NO2Se. The van der Waals surface area contributed by atoms with E-state index in [0.29, 0.717) is 12.3 Å². The quantitative estimate of drug-likeness (QED) is 0.523. The molecule has 23 heavy (non-hydrogen) atoms. The standard InChI is InChI=1S/C19H17NO2Se/c1-3-22-19(21)17-12-18(23-14-7-5-4-6-8-14)15-11-13(2)9-10-16(15)20-17/h4-12H,3H2,1-2H3. The van der Waals surface area contributed by atoms with E-state index >= 15 is 0 Å². The molecule has 0 aliphatic heterocycles. The molecule has 116 valence electrons. The van der Waals surface area contributed by atoms with E-state index in [1.807, 2.05) is 36.4 Å². The van der Waals surface area contributed by atoms with Crippen molar-refractivity contribution in [1.29, 1.82) is 0 Å². The van der Waals surface area contributed by atoms with E-state index in [1.165, 1.54) is 10.0 Å². The Kier molecular flexibility index (Phi) is 4.75. The van der Waals surface area contributed by atoms with Gasteiger partial charge in [0.25, 0.3) is 0 Å². The molecule has 0 radical (unpaired) electrons. The summed E-state index contributed by atoms with van der Waals surface area (Å²) in [7, 11) is 0. The van der Waals surface area contributed by atoms with Crippen molar-refractivity contribution in [2.24, 2.45) is 0 Å². The number of ether oxygens (including phenoxy) is 1. The number of benzene rings is 2. The Labute approximate surface area is 141 Å². The molecule has 3 rings (SSSR count). The van der Waals surface area contributed by atoms with Gasteiger partial charge in [0.05, 0.1) is 0 Å². The summed E-state index contributed by atoms with van der Waals surface area (Å²) in [5.74, 6) is -0.361. The molecule has 0 aliphatic rings. The van der Waals surface area contributed by atoms with Gasteiger partial charge in [0.15, 0.2) is 0 Å². The van der Waals surface area contributed by atoms with E-state index in [1.54, 1.807) is 6.92 Å². The minimum absolute atomic E-state index is 0.109. The second-order valence-electron chi connectivity index (χ2n) is 5.16. The second-order valence-corrected chi connectivity index (χ2v) is 7.50. The molecule has 0 atom stereocenters. The van der Waals surface area contributed by atoms with E-state index in [4.69, 9.17) is 4.74 Å². The van der Waals surface area contributed by atoms with Crippen molar-refractivity contribution in [2.75, 3.05) is 6.61 Å². The number of fused-ring (bicyclic) bond motifs is 1. The van der Waals surface area contributed by atoms with Crippen molar-refractivity contribution in [3.63, 3.8) is 0 Å². The predicted octanol–water partition coefficient (Wildman–Crippen LogP) is 2.37. The second kappa shape index (κ2) is 6.95. The zero-order chi connectivity index (χ0) is 16.2. The Morgan fingerprint density at radius 3 is 2.65 bits per heavy atom. The van der Waals surface area contributed by atoms with Crippen molar-refractivity contribution in [3.8, 4) is 0 Å². The number of hydrogen-bond donors (Lipinski definition) is 0. The van der Waals surface area contributed by atoms with Crippen LogP contribution >= 0.6 is 0 Å². The summed E-state index contributed by atoms with van der Waals surface area (Å²) >= 11 is 0.109. The summed E-state index contributed by atoms with van der Waals surface area (Å²) in [6.07, 6.45) is 0. The van der Waals surface area contributed by atoms with Crippen LogP contribution in [0.1, 0.15) is 23.0 Å². The number of pyridine rings is 1. The molecule has 3 aromatic rings. The van der Waals surface area contributed by atoms with E-state index in [0.717, 1.165) is 15.4 Å². The summed E-state index contributed by atoms with van der Waals surface area (Å²) in [5, 5.41) is 1.11. The Morgan fingerprint density at radius 1 is 1.13 bits per heavy atom. The van der Waals surface area contributed by atoms with Crippen LogP contribution in [0.25, 0.3) is 10.9 Å². The Hall–Kier alpha value is -2.16. The van der Waals surface area contributed by atoms with Crippen LogP contribution in [0.4, 0.5) is 0 Å². The van der Waals surface area contributed by atoms with Gasteiger partial charge >= 0.3 is 142 Å². The Bertz CT molecular complexity index is 847. The molecule has 0 saturated heterocycles. The molecule has 1 aromatic heterocycles. The summed E-state index contributed by atoms with van der Waals surface area (Å²) in [4.78, 5) is 16.6. The first-order chi connectivity index (χ1) is 11.2. The molecule has 2 aromatic carbocycles. The summed E-state index contributed by atoms with van der Waals surface area (Å²) in [5.41, 5.74) is 2.42. The first-order valence-electron chi connectivity index (χ1n) is 7.49. The zero-order valence-electron chi connectivity index (χ0n) is 13.1. The summed E-state index contributed by atoms with van der Waals surface area (Å²) in [6, 6.07) is 18.3. The monoisotopic (exact) mass is 371 g/mol. The van der Waals surface area contributed by atoms with Gasteiger partial charge in [0.1, 0.15) is 0 Å². The fraction of sp³-hybridized carbons (Fsp3) is 0.158. The van der Waals surface area contributed by atoms with Gasteiger partial charge < -0.3 is 0 Å². The van der Waals surface area contributed by atoms with Crippen molar-refractivity contribution in [2.45, 2.75) is 13.8 Å². The van der Waals surface area contributed by atoms with E-state index < -0.39 is 0 Å². The number of rotatable bonds is 4. The van der Waals surface area contributed by atoms with Crippen LogP contribution in [0.15, 0.2) is 54.6 Å². The molecule has 0 aliphatic carbocycles. The van der Waals surface area contributed by atoms with Gasteiger partial charge in [-0.3, -0.25) is 0 Å². The third kappa shape index (κ3) is 3.61. The summed E-state index contributed by atoms with van der Waals surface area (Å²) < 4.78 is 7.53. The number of carbonyl (C=O) groups is 1. The number of nitrogens with zero attached hydrogens (tertiary/aromatic N) is 1. The molecule has 1 heterocycles. The maximum atomic E-state index is 12.1. The van der Waals surface area contributed by atoms with E-state index in [-0.39, 0.29) is 20.9 Å².